The van der Waals surface area contributed by atoms with E-state index >= 15 is 0 Å². The fourth-order valence-electron chi connectivity index (χ4n) is 1.93. The van der Waals surface area contributed by atoms with E-state index < -0.39 is 11.5 Å². The number of rotatable bonds is 4. The van der Waals surface area contributed by atoms with E-state index in [2.05, 4.69) is 0 Å². The summed E-state index contributed by atoms with van der Waals surface area (Å²) in [6, 6.07) is 5.16. The van der Waals surface area contributed by atoms with Crippen molar-refractivity contribution in [1.29, 1.82) is 0 Å². The Kier molecular flexibility index (Phi) is 5.17. The molecule has 1 aromatic rings. The first-order valence-electron chi connectivity index (χ1n) is 6.43. The van der Waals surface area contributed by atoms with Gasteiger partial charge in [0.15, 0.2) is 0 Å². The molecule has 20 heavy (non-hydrogen) atoms. The topological polar surface area (TPSA) is 57.6 Å². The molecule has 0 radical (unpaired) electrons. The molecule has 1 N–H and O–H groups in total. The van der Waals surface area contributed by atoms with Crippen LogP contribution in [-0.2, 0) is 4.79 Å². The minimum absolute atomic E-state index is 0.0807. The summed E-state index contributed by atoms with van der Waals surface area (Å²) >= 11 is 6.04. The number of benzene rings is 1. The first-order chi connectivity index (χ1) is 9.14. The first-order valence-corrected chi connectivity index (χ1v) is 6.81. The monoisotopic (exact) mass is 297 g/mol. The first kappa shape index (κ1) is 16.5. The minimum atomic E-state index is -0.921. The molecular weight excluding hydrogens is 278 g/mol. The van der Waals surface area contributed by atoms with E-state index in [0.29, 0.717) is 16.1 Å². The summed E-state index contributed by atoms with van der Waals surface area (Å²) in [7, 11) is 0. The average Bonchev–Trinajstić information content (AvgIpc) is 2.30. The van der Waals surface area contributed by atoms with Gasteiger partial charge in [0, 0.05) is 22.7 Å². The van der Waals surface area contributed by atoms with E-state index in [0.717, 1.165) is 0 Å². The Bertz CT molecular complexity index is 520. The van der Waals surface area contributed by atoms with Crippen molar-refractivity contribution in [2.24, 2.45) is 0 Å². The predicted molar refractivity (Wildman–Crippen MR) is 79.2 cm³/mol. The van der Waals surface area contributed by atoms with Crippen LogP contribution in [0.25, 0.3) is 0 Å². The third kappa shape index (κ3) is 3.97. The summed E-state index contributed by atoms with van der Waals surface area (Å²) < 4.78 is 0. The number of carboxylic acid groups (broad SMARTS) is 1. The molecule has 0 spiro atoms. The van der Waals surface area contributed by atoms with Crippen LogP contribution < -0.4 is 0 Å². The summed E-state index contributed by atoms with van der Waals surface area (Å²) in [6.07, 6.45) is -0.0807. The van der Waals surface area contributed by atoms with Gasteiger partial charge in [0.1, 0.15) is 0 Å². The maximum atomic E-state index is 12.7. The van der Waals surface area contributed by atoms with E-state index in [1.54, 1.807) is 30.0 Å². The van der Waals surface area contributed by atoms with Crippen LogP contribution in [0.3, 0.4) is 0 Å². The minimum Gasteiger partial charge on any atom is -0.481 e. The quantitative estimate of drug-likeness (QED) is 0.927. The average molecular weight is 298 g/mol. The van der Waals surface area contributed by atoms with Crippen LogP contribution in [0.2, 0.25) is 5.02 Å². The fourth-order valence-corrected chi connectivity index (χ4v) is 2.11. The number of hydrogen-bond donors (Lipinski definition) is 1. The highest BCUT2D eigenvalue weighted by molar-refractivity contribution is 6.31. The number of nitrogens with zero attached hydrogens (tertiary/aromatic N) is 1. The molecule has 1 rings (SSSR count). The van der Waals surface area contributed by atoms with Gasteiger partial charge in [-0.25, -0.2) is 0 Å². The van der Waals surface area contributed by atoms with Crippen LogP contribution in [0.15, 0.2) is 18.2 Å². The fraction of sp³-hybridized carbons (Fsp3) is 0.467. The maximum absolute atomic E-state index is 12.7. The molecule has 5 heteroatoms. The Balaban J connectivity index is 3.10. The third-order valence-corrected chi connectivity index (χ3v) is 3.51. The molecule has 0 saturated heterocycles. The predicted octanol–water partition coefficient (Wildman–Crippen LogP) is 3.36. The molecule has 0 fully saturated rings. The van der Waals surface area contributed by atoms with Crippen molar-refractivity contribution in [2.75, 3.05) is 6.54 Å². The smallest absolute Gasteiger partial charge is 0.305 e. The van der Waals surface area contributed by atoms with Crippen molar-refractivity contribution in [3.05, 3.63) is 34.3 Å². The zero-order valence-electron chi connectivity index (χ0n) is 12.2. The number of carbonyl (C=O) groups excluding carboxylic acids is 1. The number of aliphatic carboxylic acids is 1. The lowest BCUT2D eigenvalue weighted by atomic mass is 10.0. The zero-order valence-corrected chi connectivity index (χ0v) is 13.0. The summed E-state index contributed by atoms with van der Waals surface area (Å²) in [5.41, 5.74) is 0.767. The second-order valence-corrected chi connectivity index (χ2v) is 6.09. The van der Waals surface area contributed by atoms with Gasteiger partial charge < -0.3 is 10.0 Å². The van der Waals surface area contributed by atoms with Crippen LogP contribution in [-0.4, -0.2) is 34.0 Å². The molecule has 0 aliphatic heterocycles. The van der Waals surface area contributed by atoms with E-state index in [-0.39, 0.29) is 18.9 Å². The summed E-state index contributed by atoms with van der Waals surface area (Å²) in [6.45, 7) is 7.60. The van der Waals surface area contributed by atoms with Crippen LogP contribution in [0.5, 0.6) is 0 Å². The van der Waals surface area contributed by atoms with Gasteiger partial charge in [-0.3, -0.25) is 9.59 Å². The van der Waals surface area contributed by atoms with Crippen LogP contribution in [0, 0.1) is 6.92 Å². The van der Waals surface area contributed by atoms with Crippen molar-refractivity contribution in [1.82, 2.24) is 4.90 Å². The van der Waals surface area contributed by atoms with E-state index in [4.69, 9.17) is 16.7 Å². The van der Waals surface area contributed by atoms with E-state index in [1.807, 2.05) is 20.8 Å². The molecule has 0 saturated carbocycles. The van der Waals surface area contributed by atoms with Crippen molar-refractivity contribution in [3.8, 4) is 0 Å². The molecule has 0 aliphatic rings. The standard InChI is InChI=1S/C15H20ClNO3/c1-10-11(6-5-7-12(10)16)14(20)17(15(2,3)4)9-8-13(18)19/h5-7H,8-9H2,1-4H3,(H,18,19). The second kappa shape index (κ2) is 6.27. The molecule has 0 aliphatic carbocycles. The maximum Gasteiger partial charge on any atom is 0.305 e. The lowest BCUT2D eigenvalue weighted by Gasteiger charge is -2.36. The lowest BCUT2D eigenvalue weighted by Crippen LogP contribution is -2.46. The highest BCUT2D eigenvalue weighted by Crippen LogP contribution is 2.23. The Morgan fingerprint density at radius 3 is 2.40 bits per heavy atom. The van der Waals surface area contributed by atoms with Gasteiger partial charge in [0.25, 0.3) is 5.91 Å². The highest BCUT2D eigenvalue weighted by atomic mass is 35.5. The lowest BCUT2D eigenvalue weighted by molar-refractivity contribution is -0.137. The number of hydrogen-bond acceptors (Lipinski definition) is 2. The van der Waals surface area contributed by atoms with Crippen LogP contribution in [0.1, 0.15) is 43.1 Å². The molecule has 0 unspecified atom stereocenters. The Morgan fingerprint density at radius 1 is 1.30 bits per heavy atom. The van der Waals surface area contributed by atoms with Gasteiger partial charge in [-0.15, -0.1) is 0 Å². The number of carbonyl (C=O) groups is 2. The SMILES string of the molecule is Cc1c(Cl)cccc1C(=O)N(CCC(=O)O)C(C)(C)C. The van der Waals surface area contributed by atoms with Crippen molar-refractivity contribution in [3.63, 3.8) is 0 Å². The number of carboxylic acids is 1. The van der Waals surface area contributed by atoms with Crippen LogP contribution >= 0.6 is 11.6 Å². The second-order valence-electron chi connectivity index (χ2n) is 5.68. The third-order valence-electron chi connectivity index (χ3n) is 3.10. The largest absolute Gasteiger partial charge is 0.481 e. The van der Waals surface area contributed by atoms with Gasteiger partial charge in [0.2, 0.25) is 0 Å². The molecule has 4 nitrogen and oxygen atoms in total. The van der Waals surface area contributed by atoms with Gasteiger partial charge in [-0.05, 0) is 45.4 Å². The summed E-state index contributed by atoms with van der Waals surface area (Å²) in [4.78, 5) is 25.0. The van der Waals surface area contributed by atoms with Crippen LogP contribution in [0.4, 0.5) is 0 Å². The molecule has 0 aromatic heterocycles. The molecule has 0 atom stereocenters. The summed E-state index contributed by atoms with van der Waals surface area (Å²) in [5.74, 6) is -1.12. The van der Waals surface area contributed by atoms with Gasteiger partial charge in [-0.1, -0.05) is 17.7 Å². The van der Waals surface area contributed by atoms with E-state index in [1.165, 1.54) is 0 Å². The van der Waals surface area contributed by atoms with Crippen molar-refractivity contribution >= 4 is 23.5 Å². The van der Waals surface area contributed by atoms with Gasteiger partial charge in [0.05, 0.1) is 6.42 Å². The summed E-state index contributed by atoms with van der Waals surface area (Å²) in [5, 5.41) is 9.35. The highest BCUT2D eigenvalue weighted by Gasteiger charge is 2.28. The van der Waals surface area contributed by atoms with Gasteiger partial charge in [-0.2, -0.15) is 0 Å². The van der Waals surface area contributed by atoms with Gasteiger partial charge >= 0.3 is 5.97 Å². The molecular formula is C15H20ClNO3. The molecule has 1 amide bonds. The van der Waals surface area contributed by atoms with Crippen molar-refractivity contribution in [2.45, 2.75) is 39.7 Å². The van der Waals surface area contributed by atoms with Crippen molar-refractivity contribution < 1.29 is 14.7 Å². The molecule has 0 bridgehead atoms. The number of halogens is 1. The Morgan fingerprint density at radius 2 is 1.90 bits per heavy atom. The zero-order chi connectivity index (χ0) is 15.5. The molecule has 0 heterocycles. The molecule has 1 aromatic carbocycles. The normalized spacial score (nSPS) is 11.2. The number of amides is 1. The Labute approximate surface area is 124 Å². The Hall–Kier alpha value is -1.55. The van der Waals surface area contributed by atoms with E-state index in [9.17, 15) is 9.59 Å². The molecule has 110 valence electrons.